The van der Waals surface area contributed by atoms with E-state index in [2.05, 4.69) is 47.8 Å². The molecule has 0 spiro atoms. The van der Waals surface area contributed by atoms with Crippen LogP contribution >= 0.6 is 47.8 Å². The van der Waals surface area contributed by atoms with Gasteiger partial charge in [0.2, 0.25) is 0 Å². The van der Waals surface area contributed by atoms with Crippen LogP contribution in [-0.2, 0) is 29.5 Å². The molecule has 0 aliphatic heterocycles. The van der Waals surface area contributed by atoms with Crippen LogP contribution in [-0.4, -0.2) is 70.0 Å². The highest BCUT2D eigenvalue weighted by Crippen LogP contribution is 2.49. The van der Waals surface area contributed by atoms with Gasteiger partial charge in [0.1, 0.15) is 17.5 Å². The molecule has 0 amide bonds. The number of carboxylic acids is 2. The van der Waals surface area contributed by atoms with Crippen LogP contribution in [0.15, 0.2) is 68.0 Å². The van der Waals surface area contributed by atoms with E-state index in [1.807, 2.05) is 19.9 Å². The molecule has 0 saturated heterocycles. The van der Waals surface area contributed by atoms with Gasteiger partial charge in [0.25, 0.3) is 0 Å². The molecule has 3 saturated carbocycles. The van der Waals surface area contributed by atoms with Crippen LogP contribution in [0.4, 0.5) is 13.2 Å². The van der Waals surface area contributed by atoms with E-state index >= 15 is 0 Å². The van der Waals surface area contributed by atoms with Crippen molar-refractivity contribution in [1.29, 1.82) is 0 Å². The second kappa shape index (κ2) is 24.1. The van der Waals surface area contributed by atoms with E-state index in [-0.39, 0.29) is 65.5 Å². The number of rotatable bonds is 7. The highest BCUT2D eigenvalue weighted by Gasteiger charge is 2.46. The van der Waals surface area contributed by atoms with Gasteiger partial charge in [0.15, 0.2) is 0 Å². The first-order valence-electron chi connectivity index (χ1n) is 17.0. The second-order valence-electron chi connectivity index (χ2n) is 12.8. The van der Waals surface area contributed by atoms with Gasteiger partial charge >= 0.3 is 28.3 Å². The Bertz CT molecular complexity index is 1800. The molecule has 0 aromatic heterocycles. The number of hydrogen-bond acceptors (Lipinski definition) is 8. The monoisotopic (exact) mass is 1010 g/mol. The number of ether oxygens (including phenoxy) is 1. The maximum atomic E-state index is 13.3. The van der Waals surface area contributed by atoms with Gasteiger partial charge in [-0.1, -0.05) is 32.0 Å². The molecule has 3 aromatic carbocycles. The Morgan fingerprint density at radius 2 is 0.964 bits per heavy atom. The number of aliphatic hydroxyl groups excluding tert-OH is 1. The first-order valence-corrected chi connectivity index (χ1v) is 20.8. The molecular formula is C37H45Br3F3NO11S. The molecule has 3 fully saturated rings. The molecule has 6 rings (SSSR count). The Morgan fingerprint density at radius 1 is 0.714 bits per heavy atom. The van der Waals surface area contributed by atoms with Crippen molar-refractivity contribution in [3.8, 4) is 0 Å². The van der Waals surface area contributed by atoms with Crippen molar-refractivity contribution >= 4 is 76.1 Å². The summed E-state index contributed by atoms with van der Waals surface area (Å²) < 4.78 is 77.3. The van der Waals surface area contributed by atoms with Crippen LogP contribution in [0, 0.1) is 35.2 Å². The van der Waals surface area contributed by atoms with Gasteiger partial charge in [-0.3, -0.25) is 23.5 Å². The van der Waals surface area contributed by atoms with Crippen molar-refractivity contribution in [2.45, 2.75) is 70.8 Å². The SMILES string of the molecule is CC(C)N.CCO.CCOC(=O)[C@H]1C[C@@H]1c1ccc(Br)c(F)c1.O=C(O)[C@H]1CC1c1ccc(Br)c(F)c1.O=C(O)[C@H]1C[C@@H]1c1ccc(Br)c(F)c1.O=S(=O)(O)O. The number of aliphatic carboxylic acids is 2. The largest absolute Gasteiger partial charge is 0.481 e. The number of nitrogens with two attached hydrogens (primary N) is 1. The molecule has 7 N–H and O–H groups in total. The summed E-state index contributed by atoms with van der Waals surface area (Å²) in [4.78, 5) is 32.6. The fourth-order valence-corrected chi connectivity index (χ4v) is 5.71. The lowest BCUT2D eigenvalue weighted by atomic mass is 10.1. The number of carbonyl (C=O) groups is 3. The lowest BCUT2D eigenvalue weighted by Crippen LogP contribution is -2.07. The first-order chi connectivity index (χ1) is 26.0. The van der Waals surface area contributed by atoms with E-state index in [1.165, 1.54) is 18.2 Å². The quantitative estimate of drug-likeness (QED) is 0.0969. The highest BCUT2D eigenvalue weighted by atomic mass is 79.9. The molecule has 0 bridgehead atoms. The zero-order valence-electron chi connectivity index (χ0n) is 30.7. The lowest BCUT2D eigenvalue weighted by Gasteiger charge is -2.02. The molecule has 19 heteroatoms. The van der Waals surface area contributed by atoms with E-state index in [0.717, 1.165) is 23.1 Å². The number of carboxylic acid groups (broad SMARTS) is 2. The summed E-state index contributed by atoms with van der Waals surface area (Å²) in [7, 11) is -4.67. The number of aliphatic hydroxyl groups is 1. The molecule has 0 radical (unpaired) electrons. The molecule has 56 heavy (non-hydrogen) atoms. The van der Waals surface area contributed by atoms with E-state index in [1.54, 1.807) is 44.2 Å². The number of esters is 1. The zero-order chi connectivity index (χ0) is 43.1. The van der Waals surface area contributed by atoms with Crippen molar-refractivity contribution in [1.82, 2.24) is 0 Å². The molecule has 3 aliphatic carbocycles. The first kappa shape index (κ1) is 51.1. The topological polar surface area (TPSA) is 222 Å². The second-order valence-corrected chi connectivity index (χ2v) is 16.3. The van der Waals surface area contributed by atoms with E-state index in [4.69, 9.17) is 43.3 Å². The maximum absolute atomic E-state index is 13.3. The van der Waals surface area contributed by atoms with Gasteiger partial charge in [-0.15, -0.1) is 0 Å². The molecule has 312 valence electrons. The minimum Gasteiger partial charge on any atom is -0.481 e. The van der Waals surface area contributed by atoms with Gasteiger partial charge in [-0.05, 0) is 158 Å². The minimum absolute atomic E-state index is 0.00454. The van der Waals surface area contributed by atoms with Crippen molar-refractivity contribution in [3.05, 3.63) is 102 Å². The average molecular weight is 1010 g/mol. The van der Waals surface area contributed by atoms with Gasteiger partial charge in [-0.2, -0.15) is 8.42 Å². The van der Waals surface area contributed by atoms with E-state index in [0.29, 0.717) is 38.9 Å². The minimum atomic E-state index is -4.67. The molecule has 0 heterocycles. The van der Waals surface area contributed by atoms with Crippen LogP contribution in [0.1, 0.15) is 81.4 Å². The Kier molecular flexibility index (Phi) is 22.0. The third-order valence-corrected chi connectivity index (χ3v) is 9.64. The standard InChI is InChI=1S/C12H12BrFO2.2C10H8BrFO2.C3H9N.C2H6O.H2O4S/c1-2-16-12(15)9-6-8(9)7-3-4-10(13)11(14)5-7;2*11-8-2-1-5(3-9(8)12)6-4-7(6)10(13)14;1-3(2)4;1-2-3;1-5(2,3)4/h3-5,8-9H,2,6H2,1H3;2*1-3,6-7H,4H2,(H,13,14);3H,4H2,1-2H3;3H,2H2,1H3;(H2,1,2,3,4)/t8-,9+;6?,7-;6-,7+;;;/m101.../s1. The van der Waals surface area contributed by atoms with E-state index in [9.17, 15) is 27.6 Å². The summed E-state index contributed by atoms with van der Waals surface area (Å²) in [6.07, 6.45) is 2.01. The zero-order valence-corrected chi connectivity index (χ0v) is 36.3. The van der Waals surface area contributed by atoms with Crippen LogP contribution in [0.2, 0.25) is 0 Å². The smallest absolute Gasteiger partial charge is 0.394 e. The Morgan fingerprint density at radius 3 is 1.18 bits per heavy atom. The van der Waals surface area contributed by atoms with Gasteiger partial charge in [-0.25, -0.2) is 13.2 Å². The molecule has 3 aromatic rings. The molecule has 1 unspecified atom stereocenters. The summed E-state index contributed by atoms with van der Waals surface area (Å²) in [5.74, 6) is -3.32. The third-order valence-electron chi connectivity index (χ3n) is 7.71. The lowest BCUT2D eigenvalue weighted by molar-refractivity contribution is -0.145. The normalized spacial score (nSPS) is 20.9. The Hall–Kier alpha value is -2.91. The number of hydrogen-bond donors (Lipinski definition) is 6. The van der Waals surface area contributed by atoms with Gasteiger partial charge in [0, 0.05) is 6.61 Å². The summed E-state index contributed by atoms with van der Waals surface area (Å²) >= 11 is 9.20. The van der Waals surface area contributed by atoms with Crippen LogP contribution in [0.5, 0.6) is 0 Å². The van der Waals surface area contributed by atoms with Crippen molar-refractivity contribution < 1.29 is 65.1 Å². The van der Waals surface area contributed by atoms with Gasteiger partial charge in [0.05, 0.1) is 37.8 Å². The summed E-state index contributed by atoms with van der Waals surface area (Å²) in [5.41, 5.74) is 7.54. The molecule has 6 atom stereocenters. The third kappa shape index (κ3) is 19.5. The molecule has 12 nitrogen and oxygen atoms in total. The Balaban J connectivity index is 0.000000368. The predicted octanol–water partition coefficient (Wildman–Crippen LogP) is 8.51. The predicted molar refractivity (Wildman–Crippen MR) is 213 cm³/mol. The number of carbonyl (C=O) groups excluding carboxylic acids is 1. The summed E-state index contributed by atoms with van der Waals surface area (Å²) in [5, 5.41) is 25.0. The van der Waals surface area contributed by atoms with E-state index < -0.39 is 22.3 Å². The Labute approximate surface area is 349 Å². The summed E-state index contributed by atoms with van der Waals surface area (Å²) in [6, 6.07) is 14.9. The average Bonchev–Trinajstić information content (AvgIpc) is 3.94. The number of halogens is 6. The fourth-order valence-electron chi connectivity index (χ4n) is 4.97. The fraction of sp³-hybridized carbons (Fsp3) is 0.432. The van der Waals surface area contributed by atoms with Crippen LogP contribution in [0.3, 0.4) is 0 Å². The van der Waals surface area contributed by atoms with Crippen molar-refractivity contribution in [3.63, 3.8) is 0 Å². The van der Waals surface area contributed by atoms with Crippen LogP contribution < -0.4 is 5.73 Å². The molecular weight excluding hydrogens is 963 g/mol. The highest BCUT2D eigenvalue weighted by molar-refractivity contribution is 9.11. The maximum Gasteiger partial charge on any atom is 0.394 e. The van der Waals surface area contributed by atoms with Gasteiger partial charge < -0.3 is 25.8 Å². The van der Waals surface area contributed by atoms with Crippen molar-refractivity contribution in [2.24, 2.45) is 23.5 Å². The van der Waals surface area contributed by atoms with Crippen LogP contribution in [0.25, 0.3) is 0 Å². The molecule has 3 aliphatic rings. The number of benzene rings is 3. The van der Waals surface area contributed by atoms with Crippen molar-refractivity contribution in [2.75, 3.05) is 13.2 Å². The summed E-state index contributed by atoms with van der Waals surface area (Å²) in [6.45, 7) is 8.01.